The van der Waals surface area contributed by atoms with Crippen LogP contribution < -0.4 is 9.47 Å². The number of aryl methyl sites for hydroxylation is 1. The van der Waals surface area contributed by atoms with Gasteiger partial charge in [-0.15, -0.1) is 11.6 Å². The Balaban J connectivity index is 1.58. The number of ether oxygens (including phenoxy) is 6. The van der Waals surface area contributed by atoms with Crippen LogP contribution in [0.1, 0.15) is 52.4 Å². The number of hydrogen-bond donors (Lipinski definition) is 1. The third-order valence-corrected chi connectivity index (χ3v) is 8.60. The molecule has 5 atom stereocenters. The number of ketones is 1. The van der Waals surface area contributed by atoms with Crippen LogP contribution in [0.2, 0.25) is 0 Å². The number of epoxide rings is 1. The van der Waals surface area contributed by atoms with E-state index in [1.165, 1.54) is 0 Å². The van der Waals surface area contributed by atoms with Crippen molar-refractivity contribution < 1.29 is 38.3 Å². The first-order valence-electron chi connectivity index (χ1n) is 11.6. The number of carbonyl (C=O) groups is 1. The molecule has 34 heavy (non-hydrogen) atoms. The number of methoxy groups -OCH3 is 2. The van der Waals surface area contributed by atoms with Crippen LogP contribution in [-0.4, -0.2) is 60.9 Å². The number of phenolic OH excluding ortho intramolecular Hbond substituents is 1. The summed E-state index contributed by atoms with van der Waals surface area (Å²) >= 11 is 6.34. The molecule has 0 radical (unpaired) electrons. The van der Waals surface area contributed by atoms with Gasteiger partial charge in [-0.05, 0) is 31.4 Å². The molecule has 1 spiro atoms. The van der Waals surface area contributed by atoms with Crippen LogP contribution in [-0.2, 0) is 25.4 Å². The molecule has 3 unspecified atom stereocenters. The monoisotopic (exact) mass is 488 g/mol. The van der Waals surface area contributed by atoms with Gasteiger partial charge in [0.05, 0.1) is 30.5 Å². The number of hydrogen-bond acceptors (Lipinski definition) is 8. The van der Waals surface area contributed by atoms with Crippen LogP contribution >= 0.6 is 11.6 Å². The molecular formula is C25H25ClO8. The summed E-state index contributed by atoms with van der Waals surface area (Å²) < 4.78 is 37.4. The summed E-state index contributed by atoms with van der Waals surface area (Å²) in [5, 5.41) is 12.6. The molecule has 9 heteroatoms. The minimum atomic E-state index is -1.29. The fourth-order valence-electron chi connectivity index (χ4n) is 6.69. The Morgan fingerprint density at radius 2 is 2.06 bits per heavy atom. The molecule has 4 aliphatic heterocycles. The zero-order valence-corrected chi connectivity index (χ0v) is 19.9. The van der Waals surface area contributed by atoms with Gasteiger partial charge in [0.25, 0.3) is 5.79 Å². The number of aromatic hydroxyl groups is 1. The Hall–Kier alpha value is -2.10. The number of fused-ring (bicyclic) bond motifs is 7. The van der Waals surface area contributed by atoms with Gasteiger partial charge in [-0.1, -0.05) is 0 Å². The van der Waals surface area contributed by atoms with Crippen molar-refractivity contribution in [2.45, 2.75) is 62.0 Å². The maximum absolute atomic E-state index is 12.9. The molecule has 0 saturated carbocycles. The lowest BCUT2D eigenvalue weighted by Gasteiger charge is -2.49. The lowest BCUT2D eigenvalue weighted by atomic mass is 9.79. The van der Waals surface area contributed by atoms with Gasteiger partial charge in [0.15, 0.2) is 23.3 Å². The highest BCUT2D eigenvalue weighted by Gasteiger charge is 2.81. The minimum Gasteiger partial charge on any atom is -0.506 e. The second-order valence-corrected chi connectivity index (χ2v) is 10.2. The van der Waals surface area contributed by atoms with Gasteiger partial charge >= 0.3 is 0 Å². The molecule has 3 fully saturated rings. The minimum absolute atomic E-state index is 0.0947. The normalized spacial score (nSPS) is 36.9. The van der Waals surface area contributed by atoms with Crippen molar-refractivity contribution in [3.63, 3.8) is 0 Å². The van der Waals surface area contributed by atoms with E-state index in [0.29, 0.717) is 53.7 Å². The Bertz CT molecular complexity index is 1290. The summed E-state index contributed by atoms with van der Waals surface area (Å²) in [6, 6.07) is 1.96. The Kier molecular flexibility index (Phi) is 4.09. The molecule has 0 aromatic heterocycles. The Morgan fingerprint density at radius 3 is 2.74 bits per heavy atom. The Labute approximate surface area is 200 Å². The molecule has 3 saturated heterocycles. The number of Topliss-reactive ketones (excluding diaryl/α,β-unsaturated/α-hetero) is 1. The fourth-order valence-corrected chi connectivity index (χ4v) is 6.91. The largest absolute Gasteiger partial charge is 0.506 e. The Morgan fingerprint density at radius 1 is 1.26 bits per heavy atom. The number of alkyl halides is 1. The van der Waals surface area contributed by atoms with Crippen molar-refractivity contribution in [1.82, 2.24) is 0 Å². The maximum Gasteiger partial charge on any atom is 0.271 e. The van der Waals surface area contributed by atoms with Crippen LogP contribution in [0.4, 0.5) is 0 Å². The lowest BCUT2D eigenvalue weighted by Crippen LogP contribution is -2.67. The van der Waals surface area contributed by atoms with Gasteiger partial charge in [0, 0.05) is 36.5 Å². The summed E-state index contributed by atoms with van der Waals surface area (Å²) in [7, 11) is 3.14. The highest BCUT2D eigenvalue weighted by atomic mass is 35.5. The van der Waals surface area contributed by atoms with E-state index in [-0.39, 0.29) is 17.4 Å². The van der Waals surface area contributed by atoms with Gasteiger partial charge in [-0.3, -0.25) is 4.79 Å². The summed E-state index contributed by atoms with van der Waals surface area (Å²) in [5.74, 6) is -1.39. The third kappa shape index (κ3) is 2.27. The van der Waals surface area contributed by atoms with Crippen LogP contribution in [0.25, 0.3) is 10.8 Å². The van der Waals surface area contributed by atoms with Crippen LogP contribution in [0, 0.1) is 6.92 Å². The van der Waals surface area contributed by atoms with Crippen molar-refractivity contribution in [3.8, 4) is 17.2 Å². The van der Waals surface area contributed by atoms with E-state index >= 15 is 0 Å². The topological polar surface area (TPSA) is 96.0 Å². The second kappa shape index (κ2) is 6.56. The molecule has 8 nitrogen and oxygen atoms in total. The van der Waals surface area contributed by atoms with E-state index in [4.69, 9.17) is 40.0 Å². The second-order valence-electron chi connectivity index (χ2n) is 9.93. The molecule has 7 rings (SSSR count). The smallest absolute Gasteiger partial charge is 0.271 e. The molecule has 2 bridgehead atoms. The summed E-state index contributed by atoms with van der Waals surface area (Å²) in [6.07, 6.45) is 0.952. The number of phenols is 1. The molecule has 1 N–H and O–H groups in total. The van der Waals surface area contributed by atoms with E-state index in [0.717, 1.165) is 23.1 Å². The van der Waals surface area contributed by atoms with Crippen molar-refractivity contribution in [2.75, 3.05) is 26.7 Å². The quantitative estimate of drug-likeness (QED) is 0.516. The zero-order chi connectivity index (χ0) is 23.6. The van der Waals surface area contributed by atoms with E-state index in [2.05, 4.69) is 0 Å². The predicted molar refractivity (Wildman–Crippen MR) is 120 cm³/mol. The fraction of sp³-hybridized carbons (Fsp3) is 0.560. The molecule has 180 valence electrons. The van der Waals surface area contributed by atoms with Crippen LogP contribution in [0.15, 0.2) is 6.07 Å². The molecular weight excluding hydrogens is 464 g/mol. The summed E-state index contributed by atoms with van der Waals surface area (Å²) in [6.45, 7) is 2.38. The highest BCUT2D eigenvalue weighted by Crippen LogP contribution is 2.66. The average molecular weight is 489 g/mol. The molecule has 1 aliphatic carbocycles. The van der Waals surface area contributed by atoms with Crippen molar-refractivity contribution in [2.24, 2.45) is 0 Å². The van der Waals surface area contributed by atoms with E-state index in [1.807, 2.05) is 13.0 Å². The summed E-state index contributed by atoms with van der Waals surface area (Å²) in [4.78, 5) is 12.9. The first-order chi connectivity index (χ1) is 16.3. The molecule has 4 heterocycles. The average Bonchev–Trinajstić information content (AvgIpc) is 3.50. The number of rotatable bonds is 3. The van der Waals surface area contributed by atoms with Crippen LogP contribution in [0.3, 0.4) is 0 Å². The van der Waals surface area contributed by atoms with Gasteiger partial charge < -0.3 is 33.5 Å². The first-order valence-corrected chi connectivity index (χ1v) is 12.1. The van der Waals surface area contributed by atoms with E-state index in [1.54, 1.807) is 14.2 Å². The van der Waals surface area contributed by atoms with Gasteiger partial charge in [0.2, 0.25) is 0 Å². The zero-order valence-electron chi connectivity index (χ0n) is 19.2. The van der Waals surface area contributed by atoms with E-state index in [9.17, 15) is 9.90 Å². The lowest BCUT2D eigenvalue weighted by molar-refractivity contribution is -0.320. The summed E-state index contributed by atoms with van der Waals surface area (Å²) in [5.41, 5.74) is 1.90. The number of halogens is 1. The molecule has 0 amide bonds. The van der Waals surface area contributed by atoms with Gasteiger partial charge in [-0.2, -0.15) is 0 Å². The molecule has 5 aliphatic rings. The first kappa shape index (κ1) is 21.2. The van der Waals surface area contributed by atoms with Gasteiger partial charge in [-0.25, -0.2) is 0 Å². The van der Waals surface area contributed by atoms with E-state index < -0.39 is 29.4 Å². The van der Waals surface area contributed by atoms with Gasteiger partial charge in [0.1, 0.15) is 23.4 Å². The maximum atomic E-state index is 12.9. The predicted octanol–water partition coefficient (Wildman–Crippen LogP) is 3.68. The number of benzene rings is 2. The highest BCUT2D eigenvalue weighted by molar-refractivity contribution is 6.18. The standard InChI is InChI=1S/C25H25ClO8/c1-11-7-13-17(18(28)16-12(19(13)29-2)5-4-6-14(16)27)20-15(11)21-22-25(30-3,33-20)23(10-31-23)8-24(9-26,32-21)34-22/h7,21-22,28H,4-6,8-10H2,1-3H3/t21?,22?,23-,24?,25+/m0/s1. The third-order valence-electron chi connectivity index (χ3n) is 8.20. The van der Waals surface area contributed by atoms with Crippen molar-refractivity contribution in [1.29, 1.82) is 0 Å². The number of carbonyl (C=O) groups excluding carboxylic acids is 1. The van der Waals surface area contributed by atoms with Crippen molar-refractivity contribution in [3.05, 3.63) is 28.3 Å². The van der Waals surface area contributed by atoms with Crippen LogP contribution in [0.5, 0.6) is 17.2 Å². The molecule has 2 aromatic carbocycles. The van der Waals surface area contributed by atoms with Crippen molar-refractivity contribution >= 4 is 28.2 Å². The molecule has 2 aromatic rings. The SMILES string of the molecule is COc1c2c(c(O)c3c4c(c(C)cc13)C1OC3(CCl)C[C@]5(CO5)[C@](OC)(O4)C1O3)C(=O)CCC2.